The number of amides is 1. The summed E-state index contributed by atoms with van der Waals surface area (Å²) in [6, 6.07) is 10.4. The van der Waals surface area contributed by atoms with E-state index in [1.165, 1.54) is 17.1 Å². The number of rotatable bonds is 4. The van der Waals surface area contributed by atoms with Crippen LogP contribution in [0.1, 0.15) is 23.2 Å². The highest BCUT2D eigenvalue weighted by molar-refractivity contribution is 5.97. The number of hydrogen-bond donors (Lipinski definition) is 1. The minimum atomic E-state index is -0.371. The fourth-order valence-corrected chi connectivity index (χ4v) is 3.29. The van der Waals surface area contributed by atoms with Gasteiger partial charge in [0.2, 0.25) is 0 Å². The van der Waals surface area contributed by atoms with Crippen LogP contribution in [0.2, 0.25) is 0 Å². The van der Waals surface area contributed by atoms with Crippen molar-refractivity contribution in [2.24, 2.45) is 0 Å². The maximum Gasteiger partial charge on any atom is 0.256 e. The molecule has 1 aromatic carbocycles. The van der Waals surface area contributed by atoms with Crippen LogP contribution in [0.4, 0.5) is 10.2 Å². The Morgan fingerprint density at radius 1 is 1.15 bits per heavy atom. The van der Waals surface area contributed by atoms with Crippen molar-refractivity contribution in [3.8, 4) is 5.69 Å². The number of anilines is 1. The lowest BCUT2D eigenvalue weighted by Gasteiger charge is -2.33. The van der Waals surface area contributed by atoms with Crippen molar-refractivity contribution >= 4 is 11.7 Å². The van der Waals surface area contributed by atoms with Gasteiger partial charge >= 0.3 is 0 Å². The van der Waals surface area contributed by atoms with Crippen LogP contribution in [0.25, 0.3) is 5.69 Å². The maximum absolute atomic E-state index is 13.1. The molecule has 1 saturated heterocycles. The number of benzene rings is 1. The summed E-state index contributed by atoms with van der Waals surface area (Å²) in [5.74, 6) is 0.183. The van der Waals surface area contributed by atoms with E-state index in [0.717, 1.165) is 12.8 Å². The SMILES string of the molecule is O=C(c1ccccc1-n1nccn1)N1CCC[C@@H](Nc2ccc(F)cn2)C1. The summed E-state index contributed by atoms with van der Waals surface area (Å²) in [5.41, 5.74) is 1.22. The summed E-state index contributed by atoms with van der Waals surface area (Å²) in [4.78, 5) is 20.4. The number of likely N-dealkylation sites (tertiary alicyclic amines) is 1. The van der Waals surface area contributed by atoms with Gasteiger partial charge in [0.05, 0.1) is 29.8 Å². The average Bonchev–Trinajstić information content (AvgIpc) is 3.24. The lowest BCUT2D eigenvalue weighted by Crippen LogP contribution is -2.45. The topological polar surface area (TPSA) is 75.9 Å². The van der Waals surface area contributed by atoms with Crippen molar-refractivity contribution < 1.29 is 9.18 Å². The minimum Gasteiger partial charge on any atom is -0.366 e. The third-order valence-corrected chi connectivity index (χ3v) is 4.56. The van der Waals surface area contributed by atoms with Crippen LogP contribution in [0.15, 0.2) is 55.0 Å². The number of halogens is 1. The Balaban J connectivity index is 1.50. The number of nitrogens with zero attached hydrogens (tertiary/aromatic N) is 5. The van der Waals surface area contributed by atoms with Gasteiger partial charge in [-0.25, -0.2) is 9.37 Å². The molecule has 1 atom stereocenters. The molecule has 138 valence electrons. The van der Waals surface area contributed by atoms with E-state index >= 15 is 0 Å². The van der Waals surface area contributed by atoms with Crippen LogP contribution in [-0.4, -0.2) is 49.9 Å². The molecule has 1 N–H and O–H groups in total. The zero-order chi connectivity index (χ0) is 18.6. The zero-order valence-electron chi connectivity index (χ0n) is 14.6. The number of para-hydroxylation sites is 1. The van der Waals surface area contributed by atoms with E-state index in [9.17, 15) is 9.18 Å². The summed E-state index contributed by atoms with van der Waals surface area (Å²) in [6.45, 7) is 1.24. The molecule has 7 nitrogen and oxygen atoms in total. The number of pyridine rings is 1. The number of nitrogens with one attached hydrogen (secondary N) is 1. The fourth-order valence-electron chi connectivity index (χ4n) is 3.29. The molecule has 0 aliphatic carbocycles. The van der Waals surface area contributed by atoms with Crippen molar-refractivity contribution in [3.05, 3.63) is 66.4 Å². The summed E-state index contributed by atoms with van der Waals surface area (Å²) in [5, 5.41) is 11.6. The molecule has 3 aromatic rings. The molecule has 27 heavy (non-hydrogen) atoms. The predicted molar refractivity (Wildman–Crippen MR) is 98.1 cm³/mol. The molecular weight excluding hydrogens is 347 g/mol. The molecule has 2 aromatic heterocycles. The second-order valence-corrected chi connectivity index (χ2v) is 6.43. The Morgan fingerprint density at radius 2 is 1.96 bits per heavy atom. The van der Waals surface area contributed by atoms with Crippen molar-refractivity contribution in [1.82, 2.24) is 24.9 Å². The zero-order valence-corrected chi connectivity index (χ0v) is 14.6. The van der Waals surface area contributed by atoms with Gasteiger partial charge in [-0.3, -0.25) is 4.79 Å². The Labute approximate surface area is 155 Å². The monoisotopic (exact) mass is 366 g/mol. The fraction of sp³-hybridized carbons (Fsp3) is 0.263. The second kappa shape index (κ2) is 7.53. The normalized spacial score (nSPS) is 16.9. The van der Waals surface area contributed by atoms with Crippen LogP contribution in [0.3, 0.4) is 0 Å². The molecule has 0 saturated carbocycles. The first-order chi connectivity index (χ1) is 13.2. The van der Waals surface area contributed by atoms with E-state index in [-0.39, 0.29) is 17.8 Å². The van der Waals surface area contributed by atoms with Crippen LogP contribution in [-0.2, 0) is 0 Å². The van der Waals surface area contributed by atoms with Crippen molar-refractivity contribution in [3.63, 3.8) is 0 Å². The van der Waals surface area contributed by atoms with Crippen molar-refractivity contribution in [2.75, 3.05) is 18.4 Å². The third kappa shape index (κ3) is 3.79. The number of carbonyl (C=O) groups excluding carboxylic acids is 1. The highest BCUT2D eigenvalue weighted by atomic mass is 19.1. The van der Waals surface area contributed by atoms with E-state index in [1.54, 1.807) is 24.5 Å². The van der Waals surface area contributed by atoms with Gasteiger partial charge < -0.3 is 10.2 Å². The molecular formula is C19H19FN6O. The van der Waals surface area contributed by atoms with Crippen LogP contribution in [0.5, 0.6) is 0 Å². The lowest BCUT2D eigenvalue weighted by atomic mass is 10.0. The summed E-state index contributed by atoms with van der Waals surface area (Å²) >= 11 is 0. The summed E-state index contributed by atoms with van der Waals surface area (Å²) in [6.07, 6.45) is 6.15. The van der Waals surface area contributed by atoms with Gasteiger partial charge in [-0.15, -0.1) is 0 Å². The van der Waals surface area contributed by atoms with Crippen molar-refractivity contribution in [2.45, 2.75) is 18.9 Å². The van der Waals surface area contributed by atoms with E-state index in [0.29, 0.717) is 30.2 Å². The number of carbonyl (C=O) groups is 1. The molecule has 8 heteroatoms. The minimum absolute atomic E-state index is 0.0542. The standard InChI is InChI=1S/C19H19FN6O/c20-14-7-8-18(21-12-14)24-15-4-3-11-25(13-15)19(27)16-5-1-2-6-17(16)26-22-9-10-23-26/h1-2,5-10,12,15H,3-4,11,13H2,(H,21,24)/t15-/m1/s1. The first kappa shape index (κ1) is 17.1. The quantitative estimate of drug-likeness (QED) is 0.768. The largest absolute Gasteiger partial charge is 0.366 e. The molecule has 1 fully saturated rings. The van der Waals surface area contributed by atoms with Gasteiger partial charge in [-0.2, -0.15) is 15.0 Å². The Kier molecular flexibility index (Phi) is 4.78. The average molecular weight is 366 g/mol. The van der Waals surface area contributed by atoms with E-state index < -0.39 is 0 Å². The number of aromatic nitrogens is 4. The molecule has 1 aliphatic heterocycles. The molecule has 1 amide bonds. The molecule has 3 heterocycles. The Bertz CT molecular complexity index is 912. The molecule has 0 unspecified atom stereocenters. The van der Waals surface area contributed by atoms with E-state index in [2.05, 4.69) is 20.5 Å². The first-order valence-corrected chi connectivity index (χ1v) is 8.84. The lowest BCUT2D eigenvalue weighted by molar-refractivity contribution is 0.0714. The van der Waals surface area contributed by atoms with Gasteiger partial charge in [-0.05, 0) is 37.1 Å². The summed E-state index contributed by atoms with van der Waals surface area (Å²) in [7, 11) is 0. The Hall–Kier alpha value is -3.29. The Morgan fingerprint density at radius 3 is 2.74 bits per heavy atom. The van der Waals surface area contributed by atoms with Crippen molar-refractivity contribution in [1.29, 1.82) is 0 Å². The molecule has 4 rings (SSSR count). The van der Waals surface area contributed by atoms with Crippen LogP contribution < -0.4 is 5.32 Å². The maximum atomic E-state index is 13.1. The number of hydrogen-bond acceptors (Lipinski definition) is 5. The summed E-state index contributed by atoms with van der Waals surface area (Å²) < 4.78 is 13.0. The first-order valence-electron chi connectivity index (χ1n) is 8.84. The van der Waals surface area contributed by atoms with Gasteiger partial charge in [0.1, 0.15) is 11.6 Å². The van der Waals surface area contributed by atoms with Gasteiger partial charge in [0, 0.05) is 19.1 Å². The second-order valence-electron chi connectivity index (χ2n) is 6.43. The van der Waals surface area contributed by atoms with E-state index in [1.807, 2.05) is 23.1 Å². The van der Waals surface area contributed by atoms with Gasteiger partial charge in [0.25, 0.3) is 5.91 Å². The smallest absolute Gasteiger partial charge is 0.256 e. The molecule has 0 bridgehead atoms. The van der Waals surface area contributed by atoms with E-state index in [4.69, 9.17) is 0 Å². The van der Waals surface area contributed by atoms with Gasteiger partial charge in [0.15, 0.2) is 0 Å². The predicted octanol–water partition coefficient (Wildman–Crippen LogP) is 2.52. The van der Waals surface area contributed by atoms with Gasteiger partial charge in [-0.1, -0.05) is 12.1 Å². The van der Waals surface area contributed by atoms with Crippen LogP contribution >= 0.6 is 0 Å². The van der Waals surface area contributed by atoms with Crippen LogP contribution in [0, 0.1) is 5.82 Å². The molecule has 0 spiro atoms. The third-order valence-electron chi connectivity index (χ3n) is 4.56. The highest BCUT2D eigenvalue weighted by Crippen LogP contribution is 2.20. The highest BCUT2D eigenvalue weighted by Gasteiger charge is 2.26. The number of piperidine rings is 1. The molecule has 1 aliphatic rings. The molecule has 0 radical (unpaired) electrons.